The lowest BCUT2D eigenvalue weighted by atomic mass is 10.3. The number of carboxylic acid groups (broad SMARTS) is 1. The van der Waals surface area contributed by atoms with Gasteiger partial charge in [0.2, 0.25) is 0 Å². The molecule has 0 unspecified atom stereocenters. The first-order valence-corrected chi connectivity index (χ1v) is 6.56. The van der Waals surface area contributed by atoms with Crippen LogP contribution in [0, 0.1) is 0 Å². The van der Waals surface area contributed by atoms with E-state index in [9.17, 15) is 4.79 Å². The molecule has 0 saturated heterocycles. The Morgan fingerprint density at radius 2 is 2.11 bits per heavy atom. The number of hydrogen-bond donors (Lipinski definition) is 1. The number of carbonyl (C=O) groups is 1. The highest BCUT2D eigenvalue weighted by Gasteiger charge is 2.11. The highest BCUT2D eigenvalue weighted by molar-refractivity contribution is 7.09. The van der Waals surface area contributed by atoms with Crippen LogP contribution in [0.25, 0.3) is 0 Å². The molecule has 0 bridgehead atoms. The Hall–Kier alpha value is -1.88. The summed E-state index contributed by atoms with van der Waals surface area (Å²) >= 11 is 1.38. The van der Waals surface area contributed by atoms with Crippen molar-refractivity contribution in [3.8, 4) is 0 Å². The van der Waals surface area contributed by atoms with Gasteiger partial charge in [-0.05, 0) is 19.1 Å². The summed E-state index contributed by atoms with van der Waals surface area (Å²) in [5.41, 5.74) is 1.24. The van der Waals surface area contributed by atoms with Gasteiger partial charge in [-0.15, -0.1) is 11.3 Å². The lowest BCUT2D eigenvalue weighted by molar-refractivity contribution is 0.0691. The Morgan fingerprint density at radius 3 is 2.67 bits per heavy atom. The molecule has 0 aliphatic rings. The van der Waals surface area contributed by atoms with E-state index in [-0.39, 0.29) is 5.69 Å². The molecule has 1 aromatic carbocycles. The van der Waals surface area contributed by atoms with Crippen LogP contribution < -0.4 is 4.90 Å². The maximum Gasteiger partial charge on any atom is 0.355 e. The van der Waals surface area contributed by atoms with E-state index in [0.29, 0.717) is 6.54 Å². The summed E-state index contributed by atoms with van der Waals surface area (Å²) in [5.74, 6) is -0.972. The van der Waals surface area contributed by atoms with Gasteiger partial charge in [-0.1, -0.05) is 18.2 Å². The molecule has 18 heavy (non-hydrogen) atoms. The van der Waals surface area contributed by atoms with Gasteiger partial charge < -0.3 is 10.0 Å². The van der Waals surface area contributed by atoms with Crippen molar-refractivity contribution in [2.45, 2.75) is 13.5 Å². The zero-order chi connectivity index (χ0) is 13.0. The quantitative estimate of drug-likeness (QED) is 0.900. The van der Waals surface area contributed by atoms with E-state index in [2.05, 4.69) is 16.8 Å². The van der Waals surface area contributed by atoms with E-state index in [1.165, 1.54) is 11.3 Å². The Morgan fingerprint density at radius 1 is 1.39 bits per heavy atom. The molecule has 0 fully saturated rings. The fourth-order valence-corrected chi connectivity index (χ4v) is 2.45. The predicted molar refractivity (Wildman–Crippen MR) is 72.2 cm³/mol. The average molecular weight is 262 g/mol. The van der Waals surface area contributed by atoms with E-state index in [1.54, 1.807) is 5.38 Å². The highest BCUT2D eigenvalue weighted by atomic mass is 32.1. The fourth-order valence-electron chi connectivity index (χ4n) is 1.67. The van der Waals surface area contributed by atoms with E-state index in [4.69, 9.17) is 5.11 Å². The van der Waals surface area contributed by atoms with Crippen molar-refractivity contribution in [2.75, 3.05) is 11.4 Å². The van der Waals surface area contributed by atoms with Gasteiger partial charge in [-0.25, -0.2) is 9.78 Å². The molecule has 2 rings (SSSR count). The number of anilines is 1. The molecule has 0 saturated carbocycles. The minimum absolute atomic E-state index is 0.124. The van der Waals surface area contributed by atoms with Crippen LogP contribution in [-0.4, -0.2) is 22.6 Å². The number of aromatic nitrogens is 1. The van der Waals surface area contributed by atoms with Crippen LogP contribution in [0.5, 0.6) is 0 Å². The first kappa shape index (κ1) is 12.6. The van der Waals surface area contributed by atoms with Gasteiger partial charge in [-0.3, -0.25) is 0 Å². The molecular formula is C13H14N2O2S. The number of benzene rings is 1. The summed E-state index contributed by atoms with van der Waals surface area (Å²) in [6.45, 7) is 3.56. The summed E-state index contributed by atoms with van der Waals surface area (Å²) in [5, 5.41) is 11.2. The number of hydrogen-bond acceptors (Lipinski definition) is 4. The Bertz CT molecular complexity index is 525. The Balaban J connectivity index is 2.13. The smallest absolute Gasteiger partial charge is 0.355 e. The molecular weight excluding hydrogens is 248 g/mol. The molecule has 1 aromatic heterocycles. The number of thiazole rings is 1. The van der Waals surface area contributed by atoms with E-state index >= 15 is 0 Å². The van der Waals surface area contributed by atoms with Crippen LogP contribution in [0.1, 0.15) is 22.4 Å². The van der Waals surface area contributed by atoms with Crippen LogP contribution in [0.4, 0.5) is 5.69 Å². The summed E-state index contributed by atoms with van der Waals surface area (Å²) in [6, 6.07) is 10.0. The third kappa shape index (κ3) is 2.87. The van der Waals surface area contributed by atoms with Crippen molar-refractivity contribution in [3.63, 3.8) is 0 Å². The highest BCUT2D eigenvalue weighted by Crippen LogP contribution is 2.18. The van der Waals surface area contributed by atoms with E-state index in [1.807, 2.05) is 30.3 Å². The number of aromatic carboxylic acids is 1. The van der Waals surface area contributed by atoms with Crippen molar-refractivity contribution in [1.82, 2.24) is 4.98 Å². The van der Waals surface area contributed by atoms with E-state index in [0.717, 1.165) is 17.2 Å². The van der Waals surface area contributed by atoms with Crippen LogP contribution in [0.15, 0.2) is 35.7 Å². The van der Waals surface area contributed by atoms with Gasteiger partial charge >= 0.3 is 5.97 Å². The molecule has 1 heterocycles. The van der Waals surface area contributed by atoms with Crippen molar-refractivity contribution in [3.05, 3.63) is 46.4 Å². The zero-order valence-electron chi connectivity index (χ0n) is 10.0. The minimum Gasteiger partial charge on any atom is -0.476 e. The zero-order valence-corrected chi connectivity index (χ0v) is 10.9. The van der Waals surface area contributed by atoms with Crippen LogP contribution in [0.3, 0.4) is 0 Å². The summed E-state index contributed by atoms with van der Waals surface area (Å²) in [4.78, 5) is 17.0. The fraction of sp³-hybridized carbons (Fsp3) is 0.231. The second-order valence-corrected chi connectivity index (χ2v) is 4.72. The number of para-hydroxylation sites is 1. The number of nitrogens with zero attached hydrogens (tertiary/aromatic N) is 2. The molecule has 0 spiro atoms. The molecule has 4 nitrogen and oxygen atoms in total. The van der Waals surface area contributed by atoms with Crippen molar-refractivity contribution < 1.29 is 9.90 Å². The summed E-state index contributed by atoms with van der Waals surface area (Å²) in [7, 11) is 0. The molecule has 0 amide bonds. The standard InChI is InChI=1S/C13H14N2O2S/c1-2-15(10-6-4-3-5-7-10)8-12-14-11(9-18-12)13(16)17/h3-7,9H,2,8H2,1H3,(H,16,17). The van der Waals surface area contributed by atoms with Crippen LogP contribution in [0.2, 0.25) is 0 Å². The summed E-state index contributed by atoms with van der Waals surface area (Å²) < 4.78 is 0. The van der Waals surface area contributed by atoms with Gasteiger partial charge in [0, 0.05) is 17.6 Å². The molecule has 0 aliphatic carbocycles. The molecule has 1 N–H and O–H groups in total. The monoisotopic (exact) mass is 262 g/mol. The second kappa shape index (κ2) is 5.64. The normalized spacial score (nSPS) is 10.3. The maximum absolute atomic E-state index is 10.8. The SMILES string of the molecule is CCN(Cc1nc(C(=O)O)cs1)c1ccccc1. The minimum atomic E-state index is -0.972. The Kier molecular flexibility index (Phi) is 3.94. The van der Waals surface area contributed by atoms with Gasteiger partial charge in [0.25, 0.3) is 0 Å². The maximum atomic E-state index is 10.8. The second-order valence-electron chi connectivity index (χ2n) is 3.78. The average Bonchev–Trinajstić information content (AvgIpc) is 2.86. The number of carboxylic acids is 1. The molecule has 0 radical (unpaired) electrons. The van der Waals surface area contributed by atoms with Crippen molar-refractivity contribution in [1.29, 1.82) is 0 Å². The lowest BCUT2D eigenvalue weighted by Crippen LogP contribution is -2.21. The van der Waals surface area contributed by atoms with Crippen molar-refractivity contribution in [2.24, 2.45) is 0 Å². The topological polar surface area (TPSA) is 53.4 Å². The molecule has 0 aliphatic heterocycles. The summed E-state index contributed by atoms with van der Waals surface area (Å²) in [6.07, 6.45) is 0. The van der Waals surface area contributed by atoms with Gasteiger partial charge in [-0.2, -0.15) is 0 Å². The Labute approximate surface area is 110 Å². The molecule has 5 heteroatoms. The third-order valence-electron chi connectivity index (χ3n) is 2.60. The molecule has 2 aromatic rings. The number of rotatable bonds is 5. The predicted octanol–water partition coefficient (Wildman–Crippen LogP) is 2.87. The third-order valence-corrected chi connectivity index (χ3v) is 3.43. The first-order chi connectivity index (χ1) is 8.70. The molecule has 0 atom stereocenters. The van der Waals surface area contributed by atoms with Crippen LogP contribution >= 0.6 is 11.3 Å². The van der Waals surface area contributed by atoms with Crippen molar-refractivity contribution >= 4 is 23.0 Å². The van der Waals surface area contributed by atoms with Gasteiger partial charge in [0.05, 0.1) is 6.54 Å². The lowest BCUT2D eigenvalue weighted by Gasteiger charge is -2.21. The van der Waals surface area contributed by atoms with Gasteiger partial charge in [0.15, 0.2) is 5.69 Å². The van der Waals surface area contributed by atoms with Crippen LogP contribution in [-0.2, 0) is 6.54 Å². The van der Waals surface area contributed by atoms with Gasteiger partial charge in [0.1, 0.15) is 5.01 Å². The first-order valence-electron chi connectivity index (χ1n) is 5.68. The largest absolute Gasteiger partial charge is 0.476 e. The van der Waals surface area contributed by atoms with E-state index < -0.39 is 5.97 Å². The molecule has 94 valence electrons.